The summed E-state index contributed by atoms with van der Waals surface area (Å²) in [6.45, 7) is 2.88. The van der Waals surface area contributed by atoms with E-state index in [1.54, 1.807) is 13.2 Å². The summed E-state index contributed by atoms with van der Waals surface area (Å²) in [5, 5.41) is 0.596. The lowest BCUT2D eigenvalue weighted by Crippen LogP contribution is -2.30. The Balaban J connectivity index is 1.61. The fraction of sp³-hybridized carbons (Fsp3) is 0.344. The molecule has 1 saturated carbocycles. The fourth-order valence-electron chi connectivity index (χ4n) is 4.91. The zero-order valence-corrected chi connectivity index (χ0v) is 24.6. The first kappa shape index (κ1) is 28.5. The van der Waals surface area contributed by atoms with Crippen molar-refractivity contribution in [2.75, 3.05) is 31.4 Å². The lowest BCUT2D eigenvalue weighted by atomic mass is 10.0. The van der Waals surface area contributed by atoms with Gasteiger partial charge in [0.15, 0.2) is 0 Å². The molecule has 0 bridgehead atoms. The van der Waals surface area contributed by atoms with Gasteiger partial charge in [-0.15, -0.1) is 0 Å². The maximum Gasteiger partial charge on any atom is 0.342 e. The van der Waals surface area contributed by atoms with Gasteiger partial charge in [0.05, 0.1) is 39.3 Å². The molecule has 5 rings (SSSR count). The molecule has 1 aliphatic carbocycles. The van der Waals surface area contributed by atoms with Crippen molar-refractivity contribution in [3.8, 4) is 22.8 Å². The number of furan rings is 1. The van der Waals surface area contributed by atoms with Crippen LogP contribution in [0.1, 0.15) is 60.0 Å². The van der Waals surface area contributed by atoms with Gasteiger partial charge in [0.2, 0.25) is 10.0 Å². The second-order valence-electron chi connectivity index (χ2n) is 10.3. The van der Waals surface area contributed by atoms with E-state index in [2.05, 4.69) is 6.92 Å². The normalized spacial score (nSPS) is 13.3. The number of sulfonamides is 1. The average molecular weight is 578 g/mol. The number of methoxy groups -OCH3 is 2. The van der Waals surface area contributed by atoms with E-state index in [0.717, 1.165) is 42.6 Å². The van der Waals surface area contributed by atoms with Gasteiger partial charge in [0, 0.05) is 17.0 Å². The Morgan fingerprint density at radius 2 is 1.68 bits per heavy atom. The van der Waals surface area contributed by atoms with Gasteiger partial charge in [-0.05, 0) is 78.8 Å². The highest BCUT2D eigenvalue weighted by Gasteiger charge is 2.33. The molecule has 8 nitrogen and oxygen atoms in total. The highest BCUT2D eigenvalue weighted by Crippen LogP contribution is 2.48. The topological polar surface area (TPSA) is 95.3 Å². The first-order chi connectivity index (χ1) is 19.7. The van der Waals surface area contributed by atoms with Crippen molar-refractivity contribution in [3.63, 3.8) is 0 Å². The van der Waals surface area contributed by atoms with Crippen LogP contribution in [-0.2, 0) is 21.3 Å². The number of fused-ring (bicyclic) bond motifs is 1. The molecule has 0 spiro atoms. The van der Waals surface area contributed by atoms with E-state index in [-0.39, 0.29) is 12.5 Å². The molecule has 0 saturated heterocycles. The van der Waals surface area contributed by atoms with Gasteiger partial charge < -0.3 is 18.6 Å². The number of nitrogens with zero attached hydrogens (tertiary/aromatic N) is 1. The molecule has 1 heterocycles. The van der Waals surface area contributed by atoms with E-state index in [4.69, 9.17) is 18.6 Å². The van der Waals surface area contributed by atoms with E-state index in [0.29, 0.717) is 45.9 Å². The summed E-state index contributed by atoms with van der Waals surface area (Å²) in [5.74, 6) is 1.47. The smallest absolute Gasteiger partial charge is 0.342 e. The van der Waals surface area contributed by atoms with Crippen molar-refractivity contribution in [1.29, 1.82) is 0 Å². The van der Waals surface area contributed by atoms with Crippen LogP contribution in [-0.4, -0.2) is 41.5 Å². The van der Waals surface area contributed by atoms with Gasteiger partial charge >= 0.3 is 5.97 Å². The van der Waals surface area contributed by atoms with E-state index >= 15 is 0 Å². The van der Waals surface area contributed by atoms with Crippen LogP contribution in [0.15, 0.2) is 65.1 Å². The Morgan fingerprint density at radius 1 is 1.00 bits per heavy atom. The van der Waals surface area contributed by atoms with Crippen molar-refractivity contribution in [1.82, 2.24) is 0 Å². The number of hydrogen-bond acceptors (Lipinski definition) is 7. The number of hydrogen-bond donors (Lipinski definition) is 0. The zero-order valence-electron chi connectivity index (χ0n) is 23.8. The lowest BCUT2D eigenvalue weighted by molar-refractivity contribution is 0.0603. The molecule has 1 aromatic heterocycles. The SMILES string of the molecule is CCCCOc1ccc(-c2oc3cc(N(Cc4ccc(OC)cc4)S(C)(=O)=O)c(C4CC4)cc3c2C(=O)OC)cc1. The van der Waals surface area contributed by atoms with E-state index in [1.807, 2.05) is 54.6 Å². The molecule has 0 aliphatic heterocycles. The standard InChI is InChI=1S/C32H35NO7S/c1-5-6-17-39-25-15-11-23(12-16-25)31-30(32(34)38-3)27-18-26(22-9-10-22)28(19-29(27)40-31)33(41(4,35)36)20-21-7-13-24(37-2)14-8-21/h7-8,11-16,18-19,22H,5-6,9-10,17,20H2,1-4H3. The second kappa shape index (κ2) is 11.9. The Kier molecular flexibility index (Phi) is 8.26. The van der Waals surface area contributed by atoms with Gasteiger partial charge in [0.1, 0.15) is 28.4 Å². The molecule has 9 heteroatoms. The summed E-state index contributed by atoms with van der Waals surface area (Å²) in [6.07, 6.45) is 5.09. The molecule has 0 atom stereocenters. The van der Waals surface area contributed by atoms with E-state index in [1.165, 1.54) is 17.7 Å². The molecule has 3 aromatic carbocycles. The third-order valence-electron chi connectivity index (χ3n) is 7.28. The van der Waals surface area contributed by atoms with Gasteiger partial charge in [-0.1, -0.05) is 25.5 Å². The minimum atomic E-state index is -3.66. The molecule has 0 amide bonds. The maximum absolute atomic E-state index is 13.1. The molecule has 0 radical (unpaired) electrons. The van der Waals surface area contributed by atoms with Crippen LogP contribution in [0, 0.1) is 0 Å². The Labute approximate surface area is 240 Å². The molecular formula is C32H35NO7S. The molecule has 1 aliphatic rings. The van der Waals surface area contributed by atoms with E-state index in [9.17, 15) is 13.2 Å². The minimum absolute atomic E-state index is 0.144. The van der Waals surface area contributed by atoms with Crippen molar-refractivity contribution in [2.24, 2.45) is 0 Å². The molecular weight excluding hydrogens is 542 g/mol. The minimum Gasteiger partial charge on any atom is -0.497 e. The highest BCUT2D eigenvalue weighted by molar-refractivity contribution is 7.92. The van der Waals surface area contributed by atoms with Crippen molar-refractivity contribution in [2.45, 2.75) is 45.1 Å². The summed E-state index contributed by atoms with van der Waals surface area (Å²) in [4.78, 5) is 13.1. The predicted octanol–water partition coefficient (Wildman–Crippen LogP) is 6.92. The third-order valence-corrected chi connectivity index (χ3v) is 8.41. The third kappa shape index (κ3) is 6.20. The number of anilines is 1. The van der Waals surface area contributed by atoms with Gasteiger partial charge in [-0.3, -0.25) is 4.31 Å². The van der Waals surface area contributed by atoms with Crippen LogP contribution < -0.4 is 13.8 Å². The molecule has 216 valence electrons. The van der Waals surface area contributed by atoms with Crippen molar-refractivity contribution >= 4 is 32.6 Å². The molecule has 41 heavy (non-hydrogen) atoms. The molecule has 0 N–H and O–H groups in total. The first-order valence-corrected chi connectivity index (χ1v) is 15.6. The number of carbonyl (C=O) groups is 1. The number of rotatable bonds is 12. The zero-order chi connectivity index (χ0) is 29.1. The molecule has 0 unspecified atom stereocenters. The van der Waals surface area contributed by atoms with E-state index < -0.39 is 16.0 Å². The summed E-state index contributed by atoms with van der Waals surface area (Å²) in [6, 6.07) is 18.3. The van der Waals surface area contributed by atoms with Crippen LogP contribution in [0.4, 0.5) is 5.69 Å². The van der Waals surface area contributed by atoms with Crippen LogP contribution in [0.5, 0.6) is 11.5 Å². The van der Waals surface area contributed by atoms with Crippen molar-refractivity contribution < 1.29 is 31.8 Å². The number of unbranched alkanes of at least 4 members (excludes halogenated alkanes) is 1. The second-order valence-corrected chi connectivity index (χ2v) is 12.2. The van der Waals surface area contributed by atoms with Gasteiger partial charge in [0.25, 0.3) is 0 Å². The van der Waals surface area contributed by atoms with Crippen molar-refractivity contribution in [3.05, 3.63) is 77.4 Å². The predicted molar refractivity (Wildman–Crippen MR) is 159 cm³/mol. The van der Waals surface area contributed by atoms with Crippen LogP contribution in [0.2, 0.25) is 0 Å². The number of esters is 1. The summed E-state index contributed by atoms with van der Waals surface area (Å²) >= 11 is 0. The average Bonchev–Trinajstić information content (AvgIpc) is 3.75. The Morgan fingerprint density at radius 3 is 2.27 bits per heavy atom. The number of ether oxygens (including phenoxy) is 3. The Hall–Kier alpha value is -3.98. The molecule has 1 fully saturated rings. The van der Waals surface area contributed by atoms with Crippen LogP contribution in [0.25, 0.3) is 22.3 Å². The summed E-state index contributed by atoms with van der Waals surface area (Å²) < 4.78 is 50.2. The van der Waals surface area contributed by atoms with Gasteiger partial charge in [-0.2, -0.15) is 0 Å². The monoisotopic (exact) mass is 577 g/mol. The summed E-state index contributed by atoms with van der Waals surface area (Å²) in [7, 11) is -0.737. The highest BCUT2D eigenvalue weighted by atomic mass is 32.2. The quantitative estimate of drug-likeness (QED) is 0.133. The number of benzene rings is 3. The van der Waals surface area contributed by atoms with Crippen LogP contribution in [0.3, 0.4) is 0 Å². The number of carbonyl (C=O) groups excluding carboxylic acids is 1. The first-order valence-electron chi connectivity index (χ1n) is 13.8. The lowest BCUT2D eigenvalue weighted by Gasteiger charge is -2.25. The maximum atomic E-state index is 13.1. The Bertz CT molecular complexity index is 1640. The molecule has 4 aromatic rings. The van der Waals surface area contributed by atoms with Gasteiger partial charge in [-0.25, -0.2) is 13.2 Å². The largest absolute Gasteiger partial charge is 0.497 e. The van der Waals surface area contributed by atoms with Crippen LogP contribution >= 0.6 is 0 Å². The fourth-order valence-corrected chi connectivity index (χ4v) is 5.81. The summed E-state index contributed by atoms with van der Waals surface area (Å²) in [5.41, 5.74) is 3.65.